The van der Waals surface area contributed by atoms with Gasteiger partial charge in [-0.25, -0.2) is 4.98 Å². The summed E-state index contributed by atoms with van der Waals surface area (Å²) in [5.74, 6) is 0.00517. The molecule has 1 atom stereocenters. The number of anilines is 1. The number of thiocarbonyl (C=S) groups is 1. The molecule has 1 unspecified atom stereocenters. The summed E-state index contributed by atoms with van der Waals surface area (Å²) in [4.78, 5) is 19.0. The lowest BCUT2D eigenvalue weighted by molar-refractivity contribution is -0.116. The zero-order chi connectivity index (χ0) is 18.9. The minimum Gasteiger partial charge on any atom is -0.358 e. The van der Waals surface area contributed by atoms with E-state index in [-0.39, 0.29) is 11.4 Å². The lowest BCUT2D eigenvalue weighted by atomic mass is 9.93. The average molecular weight is 391 g/mol. The number of amides is 1. The zero-order valence-electron chi connectivity index (χ0n) is 15.8. The fourth-order valence-corrected chi connectivity index (χ4v) is 5.02. The number of aryl methyl sites for hydroxylation is 1. The molecule has 0 bridgehead atoms. The Balaban J connectivity index is 1.51. The SMILES string of the molecule is Cc1cccc2sc(NC(=O)CCCN3C(=S)NC(C)(C)CC3C)nc12. The zero-order valence-corrected chi connectivity index (χ0v) is 17.4. The molecule has 2 aromatic rings. The summed E-state index contributed by atoms with van der Waals surface area (Å²) >= 11 is 7.01. The lowest BCUT2D eigenvalue weighted by Crippen LogP contribution is -2.60. The molecule has 0 spiro atoms. The van der Waals surface area contributed by atoms with Crippen molar-refractivity contribution in [3.05, 3.63) is 23.8 Å². The molecule has 1 aromatic carbocycles. The smallest absolute Gasteiger partial charge is 0.226 e. The largest absolute Gasteiger partial charge is 0.358 e. The van der Waals surface area contributed by atoms with Crippen LogP contribution in [0.2, 0.25) is 0 Å². The van der Waals surface area contributed by atoms with Gasteiger partial charge >= 0.3 is 0 Å². The summed E-state index contributed by atoms with van der Waals surface area (Å²) in [5.41, 5.74) is 2.13. The van der Waals surface area contributed by atoms with Gasteiger partial charge < -0.3 is 15.5 Å². The van der Waals surface area contributed by atoms with Crippen LogP contribution >= 0.6 is 23.6 Å². The Bertz CT molecular complexity index is 830. The molecule has 1 aliphatic rings. The Labute approximate surface area is 164 Å². The normalized spacial score (nSPS) is 19.5. The second kappa shape index (κ2) is 7.48. The van der Waals surface area contributed by atoms with Gasteiger partial charge in [0.15, 0.2) is 10.2 Å². The van der Waals surface area contributed by atoms with Crippen molar-refractivity contribution in [2.45, 2.75) is 58.5 Å². The van der Waals surface area contributed by atoms with Gasteiger partial charge in [-0.15, -0.1) is 0 Å². The van der Waals surface area contributed by atoms with E-state index in [4.69, 9.17) is 12.2 Å². The summed E-state index contributed by atoms with van der Waals surface area (Å²) in [5, 5.41) is 7.77. The molecular weight excluding hydrogens is 364 g/mol. The first-order valence-electron chi connectivity index (χ1n) is 9.00. The predicted octanol–water partition coefficient (Wildman–Crippen LogP) is 4.07. The highest BCUT2D eigenvalue weighted by molar-refractivity contribution is 7.80. The highest BCUT2D eigenvalue weighted by Crippen LogP contribution is 2.28. The number of carbonyl (C=O) groups excluding carboxylic acids is 1. The first-order chi connectivity index (χ1) is 12.2. The van der Waals surface area contributed by atoms with Crippen LogP contribution < -0.4 is 10.6 Å². The summed E-state index contributed by atoms with van der Waals surface area (Å²) in [7, 11) is 0. The molecule has 1 fully saturated rings. The van der Waals surface area contributed by atoms with Crippen molar-refractivity contribution < 1.29 is 4.79 Å². The van der Waals surface area contributed by atoms with Gasteiger partial charge in [0.25, 0.3) is 0 Å². The van der Waals surface area contributed by atoms with Crippen LogP contribution in [0.3, 0.4) is 0 Å². The molecule has 26 heavy (non-hydrogen) atoms. The van der Waals surface area contributed by atoms with Gasteiger partial charge in [0, 0.05) is 24.5 Å². The van der Waals surface area contributed by atoms with Crippen LogP contribution in [0.25, 0.3) is 10.2 Å². The monoisotopic (exact) mass is 390 g/mol. The molecule has 7 heteroatoms. The Morgan fingerprint density at radius 1 is 1.50 bits per heavy atom. The highest BCUT2D eigenvalue weighted by atomic mass is 32.1. The molecule has 1 amide bonds. The van der Waals surface area contributed by atoms with Crippen LogP contribution in [0, 0.1) is 6.92 Å². The van der Waals surface area contributed by atoms with Crippen molar-refractivity contribution in [2.24, 2.45) is 0 Å². The predicted molar refractivity (Wildman–Crippen MR) is 113 cm³/mol. The molecule has 1 saturated heterocycles. The van der Waals surface area contributed by atoms with Crippen LogP contribution in [0.15, 0.2) is 18.2 Å². The van der Waals surface area contributed by atoms with E-state index in [1.54, 1.807) is 0 Å². The van der Waals surface area contributed by atoms with Gasteiger partial charge in [-0.1, -0.05) is 23.5 Å². The van der Waals surface area contributed by atoms with Gasteiger partial charge in [0.05, 0.1) is 10.2 Å². The second-order valence-corrected chi connectivity index (χ2v) is 9.07. The van der Waals surface area contributed by atoms with Crippen molar-refractivity contribution in [2.75, 3.05) is 11.9 Å². The van der Waals surface area contributed by atoms with E-state index in [2.05, 4.69) is 41.3 Å². The molecule has 0 radical (unpaired) electrons. The second-order valence-electron chi connectivity index (χ2n) is 7.65. The number of carbonyl (C=O) groups is 1. The van der Waals surface area contributed by atoms with E-state index in [9.17, 15) is 4.79 Å². The fourth-order valence-electron chi connectivity index (χ4n) is 3.51. The summed E-state index contributed by atoms with van der Waals surface area (Å²) in [6.45, 7) is 9.35. The van der Waals surface area contributed by atoms with Crippen LogP contribution in [-0.4, -0.2) is 39.0 Å². The number of para-hydroxylation sites is 1. The average Bonchev–Trinajstić information content (AvgIpc) is 2.93. The molecule has 5 nitrogen and oxygen atoms in total. The van der Waals surface area contributed by atoms with E-state index >= 15 is 0 Å². The van der Waals surface area contributed by atoms with Gasteiger partial charge in [-0.05, 0) is 64.4 Å². The van der Waals surface area contributed by atoms with Crippen LogP contribution in [-0.2, 0) is 4.79 Å². The number of rotatable bonds is 5. The molecule has 0 saturated carbocycles. The van der Waals surface area contributed by atoms with E-state index in [0.717, 1.165) is 40.3 Å². The number of nitrogens with zero attached hydrogens (tertiary/aromatic N) is 2. The molecule has 1 aromatic heterocycles. The van der Waals surface area contributed by atoms with E-state index in [0.29, 0.717) is 17.6 Å². The van der Waals surface area contributed by atoms with Gasteiger partial charge in [-0.2, -0.15) is 0 Å². The highest BCUT2D eigenvalue weighted by Gasteiger charge is 2.32. The van der Waals surface area contributed by atoms with Crippen molar-refractivity contribution in [1.82, 2.24) is 15.2 Å². The standard InChI is InChI=1S/C19H26N4OS2/c1-12-7-5-8-14-16(12)21-17(26-14)20-15(24)9-6-10-23-13(2)11-19(3,4)22-18(23)25/h5,7-8,13H,6,9-11H2,1-4H3,(H,22,25)(H,20,21,24). The minimum absolute atomic E-state index is 0.00517. The third-order valence-corrected chi connectivity index (χ3v) is 5.99. The number of thiazole rings is 1. The van der Waals surface area contributed by atoms with Crippen molar-refractivity contribution in [1.29, 1.82) is 0 Å². The van der Waals surface area contributed by atoms with Crippen LogP contribution in [0.1, 0.15) is 45.6 Å². The fraction of sp³-hybridized carbons (Fsp3) is 0.526. The number of benzene rings is 1. The maximum absolute atomic E-state index is 12.3. The van der Waals surface area contributed by atoms with E-state index in [1.165, 1.54) is 11.3 Å². The minimum atomic E-state index is 0.00517. The maximum Gasteiger partial charge on any atom is 0.226 e. The topological polar surface area (TPSA) is 57.3 Å². The summed E-state index contributed by atoms with van der Waals surface area (Å²) < 4.78 is 1.10. The van der Waals surface area contributed by atoms with E-state index in [1.807, 2.05) is 25.1 Å². The number of nitrogens with one attached hydrogen (secondary N) is 2. The summed E-state index contributed by atoms with van der Waals surface area (Å²) in [6, 6.07) is 6.46. The van der Waals surface area contributed by atoms with Crippen LogP contribution in [0.4, 0.5) is 5.13 Å². The van der Waals surface area contributed by atoms with Crippen LogP contribution in [0.5, 0.6) is 0 Å². The van der Waals surface area contributed by atoms with Gasteiger partial charge in [0.1, 0.15) is 0 Å². The first-order valence-corrected chi connectivity index (χ1v) is 10.2. The molecular formula is C19H26N4OS2. The maximum atomic E-state index is 12.3. The quantitative estimate of drug-likeness (QED) is 0.754. The molecule has 140 valence electrons. The van der Waals surface area contributed by atoms with E-state index < -0.39 is 0 Å². The molecule has 2 heterocycles. The lowest BCUT2D eigenvalue weighted by Gasteiger charge is -2.44. The Morgan fingerprint density at radius 2 is 2.27 bits per heavy atom. The molecule has 2 N–H and O–H groups in total. The third kappa shape index (κ3) is 4.32. The Kier molecular flexibility index (Phi) is 5.48. The van der Waals surface area contributed by atoms with Gasteiger partial charge in [0.2, 0.25) is 5.91 Å². The Morgan fingerprint density at radius 3 is 2.96 bits per heavy atom. The van der Waals surface area contributed by atoms with Crippen molar-refractivity contribution in [3.63, 3.8) is 0 Å². The molecule has 3 rings (SSSR count). The van der Waals surface area contributed by atoms with Gasteiger partial charge in [-0.3, -0.25) is 4.79 Å². The first kappa shape index (κ1) is 19.0. The number of hydrogen-bond acceptors (Lipinski definition) is 4. The number of hydrogen-bond donors (Lipinski definition) is 2. The van der Waals surface area contributed by atoms with Crippen molar-refractivity contribution >= 4 is 49.9 Å². The molecule has 1 aliphatic heterocycles. The Hall–Kier alpha value is -1.73. The van der Waals surface area contributed by atoms with Crippen molar-refractivity contribution in [3.8, 4) is 0 Å². The molecule has 0 aliphatic carbocycles. The third-order valence-electron chi connectivity index (χ3n) is 4.71. The number of aromatic nitrogens is 1. The summed E-state index contributed by atoms with van der Waals surface area (Å²) in [6.07, 6.45) is 2.26. The number of fused-ring (bicyclic) bond motifs is 1.